The number of hydrogen-bond acceptors (Lipinski definition) is 3. The monoisotopic (exact) mass is 184 g/mol. The lowest BCUT2D eigenvalue weighted by Gasteiger charge is -1.88. The molecule has 0 unspecified atom stereocenters. The van der Waals surface area contributed by atoms with E-state index in [0.717, 1.165) is 6.08 Å². The first-order valence-electron chi connectivity index (χ1n) is 3.80. The first-order chi connectivity index (χ1) is 6.16. The number of hydrogen-bond donors (Lipinski definition) is 1. The summed E-state index contributed by atoms with van der Waals surface area (Å²) in [5, 5.41) is 8.22. The van der Waals surface area contributed by atoms with Crippen LogP contribution in [0.5, 0.6) is 0 Å². The number of carboxylic acids is 1. The smallest absolute Gasteiger partial charge is 0.330 e. The minimum Gasteiger partial charge on any atom is -0.478 e. The van der Waals surface area contributed by atoms with Crippen LogP contribution in [-0.2, 0) is 14.3 Å². The Kier molecular flexibility index (Phi) is 6.23. The van der Waals surface area contributed by atoms with Crippen molar-refractivity contribution in [3.63, 3.8) is 0 Å². The zero-order chi connectivity index (χ0) is 10.1. The number of allylic oxidation sites excluding steroid dienone is 2. The summed E-state index contributed by atoms with van der Waals surface area (Å²) in [4.78, 5) is 20.5. The predicted molar refractivity (Wildman–Crippen MR) is 47.2 cm³/mol. The highest BCUT2D eigenvalue weighted by molar-refractivity contribution is 5.81. The largest absolute Gasteiger partial charge is 0.478 e. The zero-order valence-corrected chi connectivity index (χ0v) is 7.40. The van der Waals surface area contributed by atoms with Crippen molar-refractivity contribution in [2.75, 3.05) is 7.11 Å². The molecule has 0 spiro atoms. The van der Waals surface area contributed by atoms with E-state index in [2.05, 4.69) is 4.74 Å². The second kappa shape index (κ2) is 7.09. The number of aliphatic carboxylic acids is 1. The molecule has 0 aromatic carbocycles. The van der Waals surface area contributed by atoms with Crippen LogP contribution in [0, 0.1) is 0 Å². The molecule has 13 heavy (non-hydrogen) atoms. The normalized spacial score (nSPS) is 10.8. The number of rotatable bonds is 5. The molecule has 0 aliphatic heterocycles. The van der Waals surface area contributed by atoms with E-state index in [-0.39, 0.29) is 0 Å². The van der Waals surface area contributed by atoms with Crippen LogP contribution in [0.4, 0.5) is 0 Å². The van der Waals surface area contributed by atoms with E-state index in [9.17, 15) is 9.59 Å². The van der Waals surface area contributed by atoms with Crippen LogP contribution in [0.15, 0.2) is 24.3 Å². The minimum absolute atomic E-state index is 0.401. The Hall–Kier alpha value is -1.58. The molecule has 0 amide bonds. The Bertz CT molecular complexity index is 228. The zero-order valence-electron chi connectivity index (χ0n) is 7.40. The fourth-order valence-corrected chi connectivity index (χ4v) is 0.624. The Balaban J connectivity index is 3.51. The first kappa shape index (κ1) is 11.4. The molecule has 0 rings (SSSR count). The van der Waals surface area contributed by atoms with Gasteiger partial charge >= 0.3 is 11.9 Å². The van der Waals surface area contributed by atoms with Gasteiger partial charge in [0.25, 0.3) is 0 Å². The van der Waals surface area contributed by atoms with Crippen molar-refractivity contribution < 1.29 is 19.4 Å². The van der Waals surface area contributed by atoms with Crippen LogP contribution < -0.4 is 0 Å². The van der Waals surface area contributed by atoms with E-state index < -0.39 is 11.9 Å². The summed E-state index contributed by atoms with van der Waals surface area (Å²) >= 11 is 0. The van der Waals surface area contributed by atoms with Crippen LogP contribution in [-0.4, -0.2) is 24.2 Å². The fraction of sp³-hybridized carbons (Fsp3) is 0.333. The third-order valence-corrected chi connectivity index (χ3v) is 1.22. The Morgan fingerprint density at radius 3 is 2.23 bits per heavy atom. The first-order valence-corrected chi connectivity index (χ1v) is 3.80. The van der Waals surface area contributed by atoms with E-state index in [1.807, 2.05) is 0 Å². The van der Waals surface area contributed by atoms with Gasteiger partial charge in [-0.15, -0.1) is 0 Å². The maximum absolute atomic E-state index is 10.5. The molecule has 0 aliphatic rings. The SMILES string of the molecule is COC(=O)/C=C/CC/C=C/C(=O)O. The van der Waals surface area contributed by atoms with Gasteiger partial charge in [-0.3, -0.25) is 0 Å². The second-order valence-electron chi connectivity index (χ2n) is 2.24. The van der Waals surface area contributed by atoms with Crippen molar-refractivity contribution in [1.82, 2.24) is 0 Å². The number of unbranched alkanes of at least 4 members (excludes halogenated alkanes) is 1. The summed E-state index contributed by atoms with van der Waals surface area (Å²) in [7, 11) is 1.30. The number of carboxylic acid groups (broad SMARTS) is 1. The summed E-state index contributed by atoms with van der Waals surface area (Å²) < 4.78 is 4.36. The summed E-state index contributed by atoms with van der Waals surface area (Å²) in [5.41, 5.74) is 0. The van der Waals surface area contributed by atoms with Gasteiger partial charge in [0.05, 0.1) is 7.11 Å². The highest BCUT2D eigenvalue weighted by Gasteiger charge is 1.88. The van der Waals surface area contributed by atoms with Gasteiger partial charge in [0.2, 0.25) is 0 Å². The average Bonchev–Trinajstić information content (AvgIpc) is 2.10. The van der Waals surface area contributed by atoms with Crippen LogP contribution in [0.1, 0.15) is 12.8 Å². The van der Waals surface area contributed by atoms with Crippen LogP contribution in [0.2, 0.25) is 0 Å². The Morgan fingerprint density at radius 1 is 1.23 bits per heavy atom. The topological polar surface area (TPSA) is 63.6 Å². The molecule has 0 bridgehead atoms. The van der Waals surface area contributed by atoms with Crippen molar-refractivity contribution in [2.24, 2.45) is 0 Å². The summed E-state index contributed by atoms with van der Waals surface area (Å²) in [6, 6.07) is 0. The Morgan fingerprint density at radius 2 is 1.77 bits per heavy atom. The van der Waals surface area contributed by atoms with Crippen molar-refractivity contribution in [1.29, 1.82) is 0 Å². The number of methoxy groups -OCH3 is 1. The minimum atomic E-state index is -0.961. The maximum Gasteiger partial charge on any atom is 0.330 e. The standard InChI is InChI=1S/C9H12O4/c1-13-9(12)7-5-3-2-4-6-8(10)11/h4-7H,2-3H2,1H3,(H,10,11)/b6-4+,7-5+. The summed E-state index contributed by atoms with van der Waals surface area (Å²) in [5.74, 6) is -1.36. The average molecular weight is 184 g/mol. The van der Waals surface area contributed by atoms with Crippen molar-refractivity contribution in [3.05, 3.63) is 24.3 Å². The number of esters is 1. The molecule has 0 saturated carbocycles. The number of ether oxygens (including phenoxy) is 1. The van der Waals surface area contributed by atoms with E-state index in [1.54, 1.807) is 6.08 Å². The Labute approximate surface area is 76.5 Å². The molecule has 0 fully saturated rings. The molecular weight excluding hydrogens is 172 g/mol. The van der Waals surface area contributed by atoms with E-state index in [1.165, 1.54) is 19.3 Å². The van der Waals surface area contributed by atoms with Crippen LogP contribution >= 0.6 is 0 Å². The highest BCUT2D eigenvalue weighted by Crippen LogP contribution is 1.93. The fourth-order valence-electron chi connectivity index (χ4n) is 0.624. The number of carbonyl (C=O) groups excluding carboxylic acids is 1. The predicted octanol–water partition coefficient (Wildman–Crippen LogP) is 1.14. The molecule has 0 aromatic heterocycles. The third kappa shape index (κ3) is 8.33. The van der Waals surface area contributed by atoms with E-state index in [0.29, 0.717) is 12.8 Å². The molecular formula is C9H12O4. The maximum atomic E-state index is 10.5. The molecule has 4 heteroatoms. The van der Waals surface area contributed by atoms with Gasteiger partial charge < -0.3 is 9.84 Å². The van der Waals surface area contributed by atoms with E-state index in [4.69, 9.17) is 5.11 Å². The quantitative estimate of drug-likeness (QED) is 0.395. The van der Waals surface area contributed by atoms with Crippen molar-refractivity contribution >= 4 is 11.9 Å². The summed E-state index contributed by atoms with van der Waals surface area (Å²) in [6.45, 7) is 0. The molecule has 0 heterocycles. The van der Waals surface area contributed by atoms with Gasteiger partial charge in [-0.2, -0.15) is 0 Å². The van der Waals surface area contributed by atoms with Crippen LogP contribution in [0.25, 0.3) is 0 Å². The number of carbonyl (C=O) groups is 2. The molecule has 0 aliphatic carbocycles. The van der Waals surface area contributed by atoms with Gasteiger partial charge in [0, 0.05) is 12.2 Å². The van der Waals surface area contributed by atoms with Gasteiger partial charge in [0.1, 0.15) is 0 Å². The van der Waals surface area contributed by atoms with Gasteiger partial charge in [-0.1, -0.05) is 12.2 Å². The molecule has 72 valence electrons. The molecule has 0 atom stereocenters. The van der Waals surface area contributed by atoms with Gasteiger partial charge in [-0.25, -0.2) is 9.59 Å². The second-order valence-corrected chi connectivity index (χ2v) is 2.24. The van der Waals surface area contributed by atoms with Crippen molar-refractivity contribution in [3.8, 4) is 0 Å². The molecule has 0 saturated heterocycles. The van der Waals surface area contributed by atoms with Crippen molar-refractivity contribution in [2.45, 2.75) is 12.8 Å². The summed E-state index contributed by atoms with van der Waals surface area (Å²) in [6.07, 6.45) is 6.78. The lowest BCUT2D eigenvalue weighted by atomic mass is 10.2. The third-order valence-electron chi connectivity index (χ3n) is 1.22. The van der Waals surface area contributed by atoms with Crippen LogP contribution in [0.3, 0.4) is 0 Å². The molecule has 0 radical (unpaired) electrons. The highest BCUT2D eigenvalue weighted by atomic mass is 16.5. The molecule has 1 N–H and O–H groups in total. The van der Waals surface area contributed by atoms with Gasteiger partial charge in [-0.05, 0) is 12.8 Å². The lowest BCUT2D eigenvalue weighted by Crippen LogP contribution is -1.93. The lowest BCUT2D eigenvalue weighted by molar-refractivity contribution is -0.135. The van der Waals surface area contributed by atoms with E-state index >= 15 is 0 Å². The molecule has 0 aromatic rings. The van der Waals surface area contributed by atoms with Gasteiger partial charge in [0.15, 0.2) is 0 Å². The molecule has 4 nitrogen and oxygen atoms in total.